The number of hydrogen-bond donors (Lipinski definition) is 0. The summed E-state index contributed by atoms with van der Waals surface area (Å²) in [5.41, 5.74) is 0. The van der Waals surface area contributed by atoms with Gasteiger partial charge >= 0.3 is 0 Å². The van der Waals surface area contributed by atoms with Gasteiger partial charge in [0.1, 0.15) is 13.6 Å². The number of ketones is 1. The van der Waals surface area contributed by atoms with E-state index in [2.05, 4.69) is 0 Å². The van der Waals surface area contributed by atoms with Crippen LogP contribution < -0.4 is 0 Å². The lowest BCUT2D eigenvalue weighted by Gasteiger charge is -2.17. The van der Waals surface area contributed by atoms with Crippen molar-refractivity contribution < 1.29 is 4.79 Å². The summed E-state index contributed by atoms with van der Waals surface area (Å²) in [7, 11) is 1.98. The van der Waals surface area contributed by atoms with Crippen LogP contribution in [0.1, 0.15) is 12.8 Å². The van der Waals surface area contributed by atoms with Crippen LogP contribution in [0.25, 0.3) is 0 Å². The van der Waals surface area contributed by atoms with Crippen LogP contribution in [0.2, 0.25) is 5.82 Å². The molecule has 0 spiro atoms. The summed E-state index contributed by atoms with van der Waals surface area (Å²) in [6, 6.07) is 0. The molecule has 1 saturated carbocycles. The first-order valence-corrected chi connectivity index (χ1v) is 2.33. The summed E-state index contributed by atoms with van der Waals surface area (Å²) < 4.78 is 0. The largest absolute Gasteiger partial charge is 0.300 e. The maximum atomic E-state index is 10.2. The zero-order valence-electron chi connectivity index (χ0n) is 3.90. The molecule has 0 saturated heterocycles. The normalized spacial score (nSPS) is 32.7. The third-order valence-corrected chi connectivity index (χ3v) is 1.37. The number of rotatable bonds is 0. The highest BCUT2D eigenvalue weighted by Crippen LogP contribution is 2.23. The highest BCUT2D eigenvalue weighted by Gasteiger charge is 2.21. The van der Waals surface area contributed by atoms with Crippen molar-refractivity contribution in [2.24, 2.45) is 0 Å². The molecule has 1 nitrogen and oxygen atoms in total. The molecule has 1 unspecified atom stereocenters. The van der Waals surface area contributed by atoms with Gasteiger partial charge in [0.2, 0.25) is 0 Å². The molecule has 1 fully saturated rings. The maximum absolute atomic E-state index is 10.2. The topological polar surface area (TPSA) is 17.1 Å². The first kappa shape index (κ1) is 3.91. The molecule has 1 aliphatic carbocycles. The molecular weight excluding hydrogens is 74.9 g/mol. The van der Waals surface area contributed by atoms with E-state index in [-0.39, 0.29) is 0 Å². The molecule has 0 aliphatic heterocycles. The van der Waals surface area contributed by atoms with E-state index in [0.717, 1.165) is 12.8 Å². The maximum Gasteiger partial charge on any atom is 0.128 e. The molecule has 0 aromatic carbocycles. The molecule has 2 heteroatoms. The van der Waals surface area contributed by atoms with Crippen molar-refractivity contribution in [3.05, 3.63) is 0 Å². The van der Waals surface area contributed by atoms with E-state index in [4.69, 9.17) is 0 Å². The Balaban J connectivity index is 2.39. The van der Waals surface area contributed by atoms with Crippen molar-refractivity contribution in [3.63, 3.8) is 0 Å². The van der Waals surface area contributed by atoms with Crippen LogP contribution in [-0.4, -0.2) is 13.6 Å². The fraction of sp³-hybridized carbons (Fsp3) is 0.750. The van der Waals surface area contributed by atoms with Crippen molar-refractivity contribution >= 4 is 13.6 Å². The Morgan fingerprint density at radius 1 is 1.83 bits per heavy atom. The molecule has 32 valence electrons. The zero-order chi connectivity index (χ0) is 4.57. The molecule has 0 amide bonds. The lowest BCUT2D eigenvalue weighted by Crippen LogP contribution is -2.19. The van der Waals surface area contributed by atoms with E-state index in [1.165, 1.54) is 0 Å². The fourth-order valence-electron chi connectivity index (χ4n) is 0.551. The lowest BCUT2D eigenvalue weighted by molar-refractivity contribution is -0.123. The van der Waals surface area contributed by atoms with Gasteiger partial charge in [-0.2, -0.15) is 0 Å². The van der Waals surface area contributed by atoms with Gasteiger partial charge in [0, 0.05) is 6.42 Å². The van der Waals surface area contributed by atoms with Crippen molar-refractivity contribution in [2.75, 3.05) is 0 Å². The van der Waals surface area contributed by atoms with E-state index in [1.807, 2.05) is 7.85 Å². The van der Waals surface area contributed by atoms with Gasteiger partial charge in [-0.05, 0) is 12.2 Å². The molecule has 0 bridgehead atoms. The Morgan fingerprint density at radius 3 is 2.33 bits per heavy atom. The van der Waals surface area contributed by atoms with Crippen molar-refractivity contribution in [2.45, 2.75) is 18.7 Å². The van der Waals surface area contributed by atoms with E-state index < -0.39 is 0 Å². The third-order valence-electron chi connectivity index (χ3n) is 1.37. The highest BCUT2D eigenvalue weighted by molar-refractivity contribution is 6.26. The van der Waals surface area contributed by atoms with Gasteiger partial charge < -0.3 is 4.79 Å². The summed E-state index contributed by atoms with van der Waals surface area (Å²) in [5.74, 6) is 0.833. The molecule has 6 heavy (non-hydrogen) atoms. The van der Waals surface area contributed by atoms with Crippen LogP contribution in [0.3, 0.4) is 0 Å². The second kappa shape index (κ2) is 1.10. The molecule has 1 aliphatic rings. The monoisotopic (exact) mass is 82.1 g/mol. The number of carbonyl (C=O) groups is 1. The lowest BCUT2D eigenvalue weighted by atomic mass is 9.70. The van der Waals surface area contributed by atoms with Gasteiger partial charge in [-0.15, -0.1) is 0 Å². The van der Waals surface area contributed by atoms with E-state index in [1.54, 1.807) is 0 Å². The first-order chi connectivity index (χ1) is 2.80. The van der Waals surface area contributed by atoms with Gasteiger partial charge in [0.25, 0.3) is 0 Å². The Morgan fingerprint density at radius 2 is 2.33 bits per heavy atom. The number of carbonyl (C=O) groups excluding carboxylic acids is 1. The van der Waals surface area contributed by atoms with Crippen molar-refractivity contribution in [1.29, 1.82) is 0 Å². The minimum atomic E-state index is 0.394. The van der Waals surface area contributed by atoms with Gasteiger partial charge in [-0.25, -0.2) is 0 Å². The molecule has 1 atom stereocenters. The van der Waals surface area contributed by atoms with Gasteiger partial charge in [0.05, 0.1) is 0 Å². The standard InChI is InChI=1S/C4H7BO/c5-3-1-2-4(3)6/h3H,1-2,5H2. The van der Waals surface area contributed by atoms with Gasteiger partial charge in [-0.3, -0.25) is 0 Å². The summed E-state index contributed by atoms with van der Waals surface area (Å²) in [5, 5.41) is 0. The first-order valence-electron chi connectivity index (χ1n) is 2.33. The van der Waals surface area contributed by atoms with Gasteiger partial charge in [-0.1, -0.05) is 0 Å². The minimum Gasteiger partial charge on any atom is -0.300 e. The SMILES string of the molecule is BC1CCC1=O. The Hall–Kier alpha value is -0.265. The molecular formula is C4H7BO. The minimum absolute atomic E-state index is 0.394. The molecule has 0 heterocycles. The van der Waals surface area contributed by atoms with Crippen LogP contribution in [0.5, 0.6) is 0 Å². The predicted molar refractivity (Wildman–Crippen MR) is 26.5 cm³/mol. The molecule has 1 rings (SSSR count). The van der Waals surface area contributed by atoms with Crippen LogP contribution in [0.4, 0.5) is 0 Å². The molecule has 0 N–H and O–H groups in total. The summed E-state index contributed by atoms with van der Waals surface area (Å²) in [6.07, 6.45) is 1.96. The Bertz CT molecular complexity index is 79.6. The average Bonchev–Trinajstić information content (AvgIpc) is 1.61. The summed E-state index contributed by atoms with van der Waals surface area (Å²) in [6.45, 7) is 0. The van der Waals surface area contributed by atoms with Crippen LogP contribution >= 0.6 is 0 Å². The van der Waals surface area contributed by atoms with Crippen LogP contribution in [0.15, 0.2) is 0 Å². The van der Waals surface area contributed by atoms with E-state index in [0.29, 0.717) is 11.6 Å². The van der Waals surface area contributed by atoms with E-state index in [9.17, 15) is 4.79 Å². The van der Waals surface area contributed by atoms with Crippen molar-refractivity contribution in [3.8, 4) is 0 Å². The number of hydrogen-bond acceptors (Lipinski definition) is 1. The fourth-order valence-corrected chi connectivity index (χ4v) is 0.551. The van der Waals surface area contributed by atoms with Crippen LogP contribution in [-0.2, 0) is 4.79 Å². The quantitative estimate of drug-likeness (QED) is 0.369. The summed E-state index contributed by atoms with van der Waals surface area (Å²) >= 11 is 0. The van der Waals surface area contributed by atoms with Crippen LogP contribution in [0, 0.1) is 0 Å². The molecule has 0 aromatic heterocycles. The molecule has 0 radical (unpaired) electrons. The smallest absolute Gasteiger partial charge is 0.128 e. The number of Topliss-reactive ketones (excluding diaryl/α,β-unsaturated/α-hetero) is 1. The Labute approximate surface area is 38.1 Å². The third kappa shape index (κ3) is 0.366. The average molecular weight is 81.9 g/mol. The van der Waals surface area contributed by atoms with E-state index >= 15 is 0 Å². The van der Waals surface area contributed by atoms with Gasteiger partial charge in [0.15, 0.2) is 0 Å². The summed E-state index contributed by atoms with van der Waals surface area (Å²) in [4.78, 5) is 10.2. The second-order valence-electron chi connectivity index (χ2n) is 1.91. The molecule has 0 aromatic rings. The second-order valence-corrected chi connectivity index (χ2v) is 1.91. The van der Waals surface area contributed by atoms with Crippen molar-refractivity contribution in [1.82, 2.24) is 0 Å². The Kier molecular flexibility index (Phi) is 0.719. The highest BCUT2D eigenvalue weighted by atomic mass is 16.1. The zero-order valence-corrected chi connectivity index (χ0v) is 3.90. The predicted octanol–water partition coefficient (Wildman–Crippen LogP) is -0.229.